The van der Waals surface area contributed by atoms with E-state index in [1.807, 2.05) is 13.0 Å². The largest absolute Gasteiger partial charge is 0.324 e. The summed E-state index contributed by atoms with van der Waals surface area (Å²) in [6.07, 6.45) is 1.65. The van der Waals surface area contributed by atoms with E-state index >= 15 is 0 Å². The Bertz CT molecular complexity index is 683. The number of hydrogen-bond acceptors (Lipinski definition) is 4. The molecule has 5 nitrogen and oxygen atoms in total. The summed E-state index contributed by atoms with van der Waals surface area (Å²) in [4.78, 5) is 4.40. The molecule has 0 fully saturated rings. The number of rotatable bonds is 5. The van der Waals surface area contributed by atoms with Crippen molar-refractivity contribution in [3.05, 3.63) is 59.9 Å². The zero-order valence-corrected chi connectivity index (χ0v) is 12.9. The maximum Gasteiger partial charge on any atom is 0.243 e. The zero-order valence-electron chi connectivity index (χ0n) is 12.1. The molecule has 0 aliphatic heterocycles. The van der Waals surface area contributed by atoms with Gasteiger partial charge in [0, 0.05) is 19.3 Å². The van der Waals surface area contributed by atoms with Gasteiger partial charge in [0.05, 0.1) is 17.1 Å². The molecule has 6 heteroatoms. The van der Waals surface area contributed by atoms with Crippen LogP contribution in [0.1, 0.15) is 24.2 Å². The molecule has 2 rings (SSSR count). The fourth-order valence-corrected chi connectivity index (χ4v) is 3.07. The van der Waals surface area contributed by atoms with Gasteiger partial charge in [-0.15, -0.1) is 0 Å². The minimum atomic E-state index is -3.53. The van der Waals surface area contributed by atoms with Gasteiger partial charge in [-0.2, -0.15) is 4.31 Å². The molecule has 2 aromatic rings. The molecule has 0 aliphatic carbocycles. The topological polar surface area (TPSA) is 76.3 Å². The highest BCUT2D eigenvalue weighted by atomic mass is 32.2. The van der Waals surface area contributed by atoms with Gasteiger partial charge in [-0.1, -0.05) is 18.2 Å². The zero-order chi connectivity index (χ0) is 15.5. The van der Waals surface area contributed by atoms with Crippen molar-refractivity contribution in [2.75, 3.05) is 7.05 Å². The summed E-state index contributed by atoms with van der Waals surface area (Å²) in [5.74, 6) is 0. The van der Waals surface area contributed by atoms with E-state index in [1.54, 1.807) is 49.6 Å². The molecule has 0 spiro atoms. The van der Waals surface area contributed by atoms with Crippen molar-refractivity contribution in [1.29, 1.82) is 0 Å². The number of benzene rings is 1. The molecule has 1 heterocycles. The first kappa shape index (κ1) is 15.6. The first-order chi connectivity index (χ1) is 9.91. The van der Waals surface area contributed by atoms with Crippen molar-refractivity contribution >= 4 is 10.0 Å². The van der Waals surface area contributed by atoms with Gasteiger partial charge in [-0.05, 0) is 36.8 Å². The van der Waals surface area contributed by atoms with Gasteiger partial charge >= 0.3 is 0 Å². The van der Waals surface area contributed by atoms with E-state index in [2.05, 4.69) is 4.98 Å². The molecule has 0 saturated carbocycles. The molecule has 1 aromatic heterocycles. The molecule has 2 N–H and O–H groups in total. The van der Waals surface area contributed by atoms with Gasteiger partial charge in [0.1, 0.15) is 0 Å². The van der Waals surface area contributed by atoms with E-state index in [-0.39, 0.29) is 17.5 Å². The van der Waals surface area contributed by atoms with Gasteiger partial charge in [0.2, 0.25) is 10.0 Å². The van der Waals surface area contributed by atoms with Crippen LogP contribution in [0.4, 0.5) is 0 Å². The van der Waals surface area contributed by atoms with Crippen molar-refractivity contribution in [3.63, 3.8) is 0 Å². The third-order valence-electron chi connectivity index (χ3n) is 3.22. The normalized spacial score (nSPS) is 13.3. The molecular formula is C15H19N3O2S. The highest BCUT2D eigenvalue weighted by molar-refractivity contribution is 7.89. The summed E-state index contributed by atoms with van der Waals surface area (Å²) in [6.45, 7) is 2.09. The second-order valence-corrected chi connectivity index (χ2v) is 6.98. The Morgan fingerprint density at radius 2 is 1.86 bits per heavy atom. The van der Waals surface area contributed by atoms with Gasteiger partial charge in [0.15, 0.2) is 0 Å². The van der Waals surface area contributed by atoms with Crippen LogP contribution in [0.15, 0.2) is 53.6 Å². The van der Waals surface area contributed by atoms with Crippen molar-refractivity contribution in [3.8, 4) is 0 Å². The predicted octanol–water partition coefficient (Wildman–Crippen LogP) is 1.92. The monoisotopic (exact) mass is 305 g/mol. The van der Waals surface area contributed by atoms with Gasteiger partial charge in [-0.3, -0.25) is 4.98 Å². The Hall–Kier alpha value is -1.76. The number of hydrogen-bond donors (Lipinski definition) is 1. The molecule has 1 unspecified atom stereocenters. The van der Waals surface area contributed by atoms with Crippen LogP contribution in [-0.4, -0.2) is 24.8 Å². The second kappa shape index (κ2) is 6.34. The fourth-order valence-electron chi connectivity index (χ4n) is 1.93. The molecule has 21 heavy (non-hydrogen) atoms. The molecule has 0 bridgehead atoms. The van der Waals surface area contributed by atoms with E-state index in [1.165, 1.54) is 4.31 Å². The van der Waals surface area contributed by atoms with Crippen LogP contribution in [0.2, 0.25) is 0 Å². The number of sulfonamides is 1. The lowest BCUT2D eigenvalue weighted by atomic mass is 10.1. The summed E-state index contributed by atoms with van der Waals surface area (Å²) < 4.78 is 26.3. The van der Waals surface area contributed by atoms with Crippen molar-refractivity contribution in [2.24, 2.45) is 5.73 Å². The maximum absolute atomic E-state index is 12.5. The van der Waals surface area contributed by atoms with Gasteiger partial charge in [-0.25, -0.2) is 8.42 Å². The Kier molecular flexibility index (Phi) is 4.72. The van der Waals surface area contributed by atoms with Crippen LogP contribution in [-0.2, 0) is 16.6 Å². The minimum absolute atomic E-state index is 0.118. The minimum Gasteiger partial charge on any atom is -0.324 e. The third kappa shape index (κ3) is 3.66. The summed E-state index contributed by atoms with van der Waals surface area (Å²) in [5, 5.41) is 0. The number of pyridine rings is 1. The first-order valence-electron chi connectivity index (χ1n) is 6.63. The maximum atomic E-state index is 12.5. The lowest BCUT2D eigenvalue weighted by Crippen LogP contribution is -2.26. The van der Waals surface area contributed by atoms with Crippen LogP contribution in [0.5, 0.6) is 0 Å². The molecule has 112 valence electrons. The summed E-state index contributed by atoms with van der Waals surface area (Å²) in [6, 6.07) is 12.0. The van der Waals surface area contributed by atoms with Crippen LogP contribution in [0.3, 0.4) is 0 Å². The van der Waals surface area contributed by atoms with E-state index in [0.717, 1.165) is 5.56 Å². The van der Waals surface area contributed by atoms with Crippen molar-refractivity contribution in [2.45, 2.75) is 24.4 Å². The van der Waals surface area contributed by atoms with Gasteiger partial charge < -0.3 is 5.73 Å². The molecular weight excluding hydrogens is 286 g/mol. The third-order valence-corrected chi connectivity index (χ3v) is 5.04. The van der Waals surface area contributed by atoms with Crippen molar-refractivity contribution in [1.82, 2.24) is 9.29 Å². The van der Waals surface area contributed by atoms with E-state index in [0.29, 0.717) is 5.69 Å². The van der Waals surface area contributed by atoms with E-state index in [9.17, 15) is 8.42 Å². The number of nitrogens with two attached hydrogens (primary N) is 1. The second-order valence-electron chi connectivity index (χ2n) is 4.94. The van der Waals surface area contributed by atoms with Gasteiger partial charge in [0.25, 0.3) is 0 Å². The SMILES string of the molecule is CC(N)c1ccc(S(=O)(=O)N(C)Cc2ccccn2)cc1. The standard InChI is InChI=1S/C15H19N3O2S/c1-12(16)13-6-8-15(9-7-13)21(19,20)18(2)11-14-5-3-4-10-17-14/h3-10,12H,11,16H2,1-2H3. The van der Waals surface area contributed by atoms with Crippen LogP contribution >= 0.6 is 0 Å². The average Bonchev–Trinajstić information content (AvgIpc) is 2.48. The highest BCUT2D eigenvalue weighted by Crippen LogP contribution is 2.18. The number of aromatic nitrogens is 1. The molecule has 0 saturated heterocycles. The Labute approximate surface area is 125 Å². The Morgan fingerprint density at radius 3 is 2.38 bits per heavy atom. The average molecular weight is 305 g/mol. The Balaban J connectivity index is 2.20. The van der Waals surface area contributed by atoms with E-state index in [4.69, 9.17) is 5.73 Å². The van der Waals surface area contributed by atoms with Crippen LogP contribution in [0, 0.1) is 0 Å². The Morgan fingerprint density at radius 1 is 1.19 bits per heavy atom. The lowest BCUT2D eigenvalue weighted by Gasteiger charge is -2.17. The molecule has 0 aliphatic rings. The molecule has 1 aromatic carbocycles. The lowest BCUT2D eigenvalue weighted by molar-refractivity contribution is 0.462. The van der Waals surface area contributed by atoms with E-state index < -0.39 is 10.0 Å². The number of nitrogens with zero attached hydrogens (tertiary/aromatic N) is 2. The molecule has 1 atom stereocenters. The predicted molar refractivity (Wildman–Crippen MR) is 81.9 cm³/mol. The summed E-state index contributed by atoms with van der Waals surface area (Å²) in [7, 11) is -1.98. The first-order valence-corrected chi connectivity index (χ1v) is 8.07. The van der Waals surface area contributed by atoms with Crippen LogP contribution in [0.25, 0.3) is 0 Å². The molecule has 0 radical (unpaired) electrons. The molecule has 0 amide bonds. The summed E-state index contributed by atoms with van der Waals surface area (Å²) in [5.41, 5.74) is 7.38. The quantitative estimate of drug-likeness (QED) is 0.915. The van der Waals surface area contributed by atoms with Crippen molar-refractivity contribution < 1.29 is 8.42 Å². The smallest absolute Gasteiger partial charge is 0.243 e. The fraction of sp³-hybridized carbons (Fsp3) is 0.267. The summed E-state index contributed by atoms with van der Waals surface area (Å²) >= 11 is 0. The van der Waals surface area contributed by atoms with Crippen LogP contribution < -0.4 is 5.73 Å². The highest BCUT2D eigenvalue weighted by Gasteiger charge is 2.21.